The number of anilines is 1. The first-order valence-corrected chi connectivity index (χ1v) is 7.62. The number of hydrogen-bond donors (Lipinski definition) is 1. The summed E-state index contributed by atoms with van der Waals surface area (Å²) >= 11 is 0. The average Bonchev–Trinajstić information content (AvgIpc) is 2.95. The van der Waals surface area contributed by atoms with E-state index in [9.17, 15) is 0 Å². The maximum absolute atomic E-state index is 5.77. The Morgan fingerprint density at radius 2 is 2.22 bits per heavy atom. The second-order valence-corrected chi connectivity index (χ2v) is 5.59. The molecule has 0 bridgehead atoms. The number of fused-ring (bicyclic) bond motifs is 1. The fraction of sp³-hybridized carbons (Fsp3) is 0.400. The molecule has 0 aromatic carbocycles. The molecule has 3 aromatic rings. The number of H-pyrrole nitrogens is 1. The molecule has 23 heavy (non-hydrogen) atoms. The summed E-state index contributed by atoms with van der Waals surface area (Å²) in [6, 6.07) is 0. The van der Waals surface area contributed by atoms with Gasteiger partial charge < -0.3 is 14.6 Å². The molecule has 1 aliphatic heterocycles. The third-order valence-electron chi connectivity index (χ3n) is 3.95. The molecule has 1 saturated heterocycles. The van der Waals surface area contributed by atoms with Crippen LogP contribution < -0.4 is 4.90 Å². The predicted octanol–water partition coefficient (Wildman–Crippen LogP) is 0.838. The van der Waals surface area contributed by atoms with Crippen LogP contribution in [0.25, 0.3) is 11.2 Å². The number of ether oxygens (including phenoxy) is 1. The summed E-state index contributed by atoms with van der Waals surface area (Å²) in [5.41, 5.74) is 2.54. The van der Waals surface area contributed by atoms with E-state index < -0.39 is 0 Å². The van der Waals surface area contributed by atoms with Gasteiger partial charge in [0.1, 0.15) is 11.8 Å². The lowest BCUT2D eigenvalue weighted by Crippen LogP contribution is -2.32. The normalized spacial score (nSPS) is 19.0. The van der Waals surface area contributed by atoms with E-state index in [0.717, 1.165) is 36.5 Å². The predicted molar refractivity (Wildman–Crippen MR) is 83.9 cm³/mol. The zero-order valence-electron chi connectivity index (χ0n) is 12.6. The third-order valence-corrected chi connectivity index (χ3v) is 3.95. The minimum Gasteiger partial charge on any atom is -0.379 e. The van der Waals surface area contributed by atoms with Crippen molar-refractivity contribution < 1.29 is 4.74 Å². The molecule has 0 radical (unpaired) electrons. The standard InChI is InChI=1S/C15H17N7O/c1-2-17-12(6-16-1)5-11-7-22(3-4-23-8-11)15-13-14(19-9-18-13)20-10-21-15/h1-2,6,9-11H,3-5,7-8H2,(H,18,19,20,21). The number of aromatic nitrogens is 6. The maximum atomic E-state index is 5.77. The van der Waals surface area contributed by atoms with Crippen LogP contribution in [0, 0.1) is 5.92 Å². The van der Waals surface area contributed by atoms with Crippen LogP contribution in [0.3, 0.4) is 0 Å². The van der Waals surface area contributed by atoms with E-state index in [1.165, 1.54) is 0 Å². The van der Waals surface area contributed by atoms with Crippen LogP contribution in [-0.4, -0.2) is 56.2 Å². The topological polar surface area (TPSA) is 92.7 Å². The van der Waals surface area contributed by atoms with Crippen molar-refractivity contribution in [3.8, 4) is 0 Å². The maximum Gasteiger partial charge on any atom is 0.182 e. The molecule has 8 heteroatoms. The highest BCUT2D eigenvalue weighted by Crippen LogP contribution is 2.22. The molecule has 1 N–H and O–H groups in total. The van der Waals surface area contributed by atoms with Gasteiger partial charge in [-0.3, -0.25) is 9.97 Å². The average molecular weight is 311 g/mol. The van der Waals surface area contributed by atoms with E-state index in [4.69, 9.17) is 4.74 Å². The number of imidazole rings is 1. The van der Waals surface area contributed by atoms with Crippen molar-refractivity contribution >= 4 is 17.0 Å². The van der Waals surface area contributed by atoms with E-state index in [1.807, 2.05) is 6.20 Å². The Kier molecular flexibility index (Phi) is 3.81. The molecule has 1 atom stereocenters. The lowest BCUT2D eigenvalue weighted by molar-refractivity contribution is 0.123. The van der Waals surface area contributed by atoms with Gasteiger partial charge in [0.25, 0.3) is 0 Å². The number of nitrogens with zero attached hydrogens (tertiary/aromatic N) is 6. The van der Waals surface area contributed by atoms with Gasteiger partial charge in [-0.25, -0.2) is 15.0 Å². The van der Waals surface area contributed by atoms with Crippen molar-refractivity contribution in [1.29, 1.82) is 0 Å². The number of rotatable bonds is 3. The van der Waals surface area contributed by atoms with Gasteiger partial charge in [0.2, 0.25) is 0 Å². The van der Waals surface area contributed by atoms with E-state index in [2.05, 4.69) is 34.8 Å². The molecular weight excluding hydrogens is 294 g/mol. The lowest BCUT2D eigenvalue weighted by atomic mass is 10.0. The Balaban J connectivity index is 1.57. The van der Waals surface area contributed by atoms with Crippen molar-refractivity contribution in [2.45, 2.75) is 6.42 Å². The van der Waals surface area contributed by atoms with Crippen LogP contribution >= 0.6 is 0 Å². The molecule has 4 rings (SSSR count). The molecule has 3 aromatic heterocycles. The van der Waals surface area contributed by atoms with Crippen LogP contribution in [0.4, 0.5) is 5.82 Å². The van der Waals surface area contributed by atoms with Gasteiger partial charge in [-0.05, 0) is 6.42 Å². The van der Waals surface area contributed by atoms with Crippen LogP contribution in [0.5, 0.6) is 0 Å². The zero-order valence-corrected chi connectivity index (χ0v) is 12.6. The largest absolute Gasteiger partial charge is 0.379 e. The summed E-state index contributed by atoms with van der Waals surface area (Å²) in [5.74, 6) is 1.21. The van der Waals surface area contributed by atoms with Crippen molar-refractivity contribution in [3.63, 3.8) is 0 Å². The number of hydrogen-bond acceptors (Lipinski definition) is 7. The van der Waals surface area contributed by atoms with Crippen molar-refractivity contribution in [3.05, 3.63) is 36.9 Å². The molecule has 1 aliphatic rings. The zero-order chi connectivity index (χ0) is 15.5. The van der Waals surface area contributed by atoms with Gasteiger partial charge in [0.15, 0.2) is 11.5 Å². The van der Waals surface area contributed by atoms with Gasteiger partial charge in [0, 0.05) is 37.6 Å². The lowest BCUT2D eigenvalue weighted by Gasteiger charge is -2.24. The smallest absolute Gasteiger partial charge is 0.182 e. The Morgan fingerprint density at radius 3 is 3.13 bits per heavy atom. The highest BCUT2D eigenvalue weighted by atomic mass is 16.5. The van der Waals surface area contributed by atoms with Crippen molar-refractivity contribution in [2.75, 3.05) is 31.2 Å². The monoisotopic (exact) mass is 311 g/mol. The Hall–Kier alpha value is -2.61. The second kappa shape index (κ2) is 6.25. The fourth-order valence-corrected chi connectivity index (χ4v) is 2.92. The summed E-state index contributed by atoms with van der Waals surface area (Å²) in [5, 5.41) is 0. The summed E-state index contributed by atoms with van der Waals surface area (Å²) < 4.78 is 5.77. The van der Waals surface area contributed by atoms with Gasteiger partial charge >= 0.3 is 0 Å². The molecule has 118 valence electrons. The molecule has 1 fully saturated rings. The van der Waals surface area contributed by atoms with Crippen molar-refractivity contribution in [1.82, 2.24) is 29.9 Å². The van der Waals surface area contributed by atoms with Crippen LogP contribution in [0.15, 0.2) is 31.2 Å². The SMILES string of the molecule is c1cnc(CC2COCCN(c3ncnc4nc[nH]c34)C2)cn1. The van der Waals surface area contributed by atoms with Crippen LogP contribution in [0.1, 0.15) is 5.69 Å². The van der Waals surface area contributed by atoms with E-state index in [-0.39, 0.29) is 0 Å². The summed E-state index contributed by atoms with van der Waals surface area (Å²) in [4.78, 5) is 26.7. The molecule has 1 unspecified atom stereocenters. The fourth-order valence-electron chi connectivity index (χ4n) is 2.92. The first-order chi connectivity index (χ1) is 11.4. The first-order valence-electron chi connectivity index (χ1n) is 7.62. The van der Waals surface area contributed by atoms with E-state index in [1.54, 1.807) is 25.0 Å². The Bertz CT molecular complexity index is 776. The minimum atomic E-state index is 0.335. The molecule has 0 spiro atoms. The van der Waals surface area contributed by atoms with Crippen molar-refractivity contribution in [2.24, 2.45) is 5.92 Å². The number of aromatic amines is 1. The van der Waals surface area contributed by atoms with Gasteiger partial charge in [-0.1, -0.05) is 0 Å². The molecule has 0 aliphatic carbocycles. The first kappa shape index (κ1) is 14.0. The minimum absolute atomic E-state index is 0.335. The van der Waals surface area contributed by atoms with Gasteiger partial charge in [-0.15, -0.1) is 0 Å². The van der Waals surface area contributed by atoms with Gasteiger partial charge in [-0.2, -0.15) is 0 Å². The summed E-state index contributed by atoms with van der Waals surface area (Å²) in [6.45, 7) is 3.03. The molecule has 8 nitrogen and oxygen atoms in total. The Labute approximate surface area is 133 Å². The highest BCUT2D eigenvalue weighted by Gasteiger charge is 2.22. The molecule has 4 heterocycles. The quantitative estimate of drug-likeness (QED) is 0.766. The summed E-state index contributed by atoms with van der Waals surface area (Å²) in [6.07, 6.45) is 9.27. The van der Waals surface area contributed by atoms with Crippen LogP contribution in [0.2, 0.25) is 0 Å². The Morgan fingerprint density at radius 1 is 1.22 bits per heavy atom. The van der Waals surface area contributed by atoms with Crippen LogP contribution in [-0.2, 0) is 11.2 Å². The highest BCUT2D eigenvalue weighted by molar-refractivity contribution is 5.82. The molecule has 0 amide bonds. The number of nitrogens with one attached hydrogen (secondary N) is 1. The second-order valence-electron chi connectivity index (χ2n) is 5.59. The molecular formula is C15H17N7O. The third kappa shape index (κ3) is 2.98. The van der Waals surface area contributed by atoms with E-state index in [0.29, 0.717) is 24.8 Å². The molecule has 0 saturated carbocycles. The van der Waals surface area contributed by atoms with E-state index >= 15 is 0 Å². The summed E-state index contributed by atoms with van der Waals surface area (Å²) in [7, 11) is 0. The van der Waals surface area contributed by atoms with Gasteiger partial charge in [0.05, 0.1) is 25.2 Å².